The third-order valence-electron chi connectivity index (χ3n) is 4.09. The topological polar surface area (TPSA) is 43.8 Å². The molecule has 1 aromatic carbocycles. The van der Waals surface area contributed by atoms with Crippen molar-refractivity contribution in [2.75, 3.05) is 0 Å². The molecule has 3 nitrogen and oxygen atoms in total. The lowest BCUT2D eigenvalue weighted by Crippen LogP contribution is -2.32. The van der Waals surface area contributed by atoms with Gasteiger partial charge in [0.1, 0.15) is 5.82 Å². The second-order valence-electron chi connectivity index (χ2n) is 5.69. The van der Waals surface area contributed by atoms with Gasteiger partial charge in [-0.15, -0.1) is 0 Å². The minimum absolute atomic E-state index is 0.271. The zero-order valence-corrected chi connectivity index (χ0v) is 11.9. The van der Waals surface area contributed by atoms with Gasteiger partial charge < -0.3 is 10.3 Å². The van der Waals surface area contributed by atoms with Gasteiger partial charge in [-0.2, -0.15) is 0 Å². The minimum Gasteiger partial charge on any atom is -0.330 e. The van der Waals surface area contributed by atoms with Crippen LogP contribution in [-0.4, -0.2) is 15.6 Å². The largest absolute Gasteiger partial charge is 0.330 e. The number of aromatic nitrogens is 2. The predicted octanol–water partition coefficient (Wildman–Crippen LogP) is 2.75. The Morgan fingerprint density at radius 2 is 2.05 bits per heavy atom. The quantitative estimate of drug-likeness (QED) is 0.851. The molecule has 100 valence electrons. The van der Waals surface area contributed by atoms with Crippen molar-refractivity contribution in [2.45, 2.75) is 46.2 Å². The van der Waals surface area contributed by atoms with Crippen LogP contribution in [0.4, 0.5) is 0 Å². The molecule has 0 amide bonds. The molecule has 2 aromatic rings. The van der Waals surface area contributed by atoms with Crippen molar-refractivity contribution in [2.24, 2.45) is 5.73 Å². The Bertz CT molecular complexity index is 625. The second-order valence-corrected chi connectivity index (χ2v) is 5.69. The number of hydrogen-bond acceptors (Lipinski definition) is 2. The zero-order chi connectivity index (χ0) is 13.6. The summed E-state index contributed by atoms with van der Waals surface area (Å²) in [6, 6.07) is 6.84. The van der Waals surface area contributed by atoms with Gasteiger partial charge in [-0.3, -0.25) is 0 Å². The lowest BCUT2D eigenvalue weighted by atomic mass is 10.0. The summed E-state index contributed by atoms with van der Waals surface area (Å²) < 4.78 is 2.29. The molecule has 0 spiro atoms. The molecule has 1 atom stereocenters. The van der Waals surface area contributed by atoms with Crippen LogP contribution in [0.15, 0.2) is 18.2 Å². The van der Waals surface area contributed by atoms with Crippen molar-refractivity contribution >= 4 is 0 Å². The maximum Gasteiger partial charge on any atom is 0.109 e. The van der Waals surface area contributed by atoms with Crippen molar-refractivity contribution in [1.29, 1.82) is 0 Å². The summed E-state index contributed by atoms with van der Waals surface area (Å²) in [5.41, 5.74) is 12.3. The summed E-state index contributed by atoms with van der Waals surface area (Å²) in [6.07, 6.45) is 2.04. The Morgan fingerprint density at radius 3 is 2.79 bits per heavy atom. The van der Waals surface area contributed by atoms with Crippen molar-refractivity contribution < 1.29 is 0 Å². The minimum atomic E-state index is 0.271. The molecule has 0 fully saturated rings. The number of rotatable bonds is 1. The second kappa shape index (κ2) is 4.49. The Balaban J connectivity index is 2.11. The molecule has 0 saturated heterocycles. The van der Waals surface area contributed by atoms with Gasteiger partial charge in [-0.25, -0.2) is 4.98 Å². The highest BCUT2D eigenvalue weighted by Crippen LogP contribution is 2.29. The average Bonchev–Trinajstić information content (AvgIpc) is 2.67. The molecule has 0 bridgehead atoms. The third kappa shape index (κ3) is 2.08. The normalized spacial score (nSPS) is 18.4. The molecule has 1 aromatic heterocycles. The maximum absolute atomic E-state index is 6.07. The van der Waals surface area contributed by atoms with Gasteiger partial charge in [0.15, 0.2) is 0 Å². The van der Waals surface area contributed by atoms with E-state index in [0.717, 1.165) is 25.1 Å². The Morgan fingerprint density at radius 1 is 1.26 bits per heavy atom. The predicted molar refractivity (Wildman–Crippen MR) is 78.2 cm³/mol. The molecule has 1 aliphatic rings. The highest BCUT2D eigenvalue weighted by molar-refractivity contribution is 5.66. The van der Waals surface area contributed by atoms with E-state index >= 15 is 0 Å². The summed E-state index contributed by atoms with van der Waals surface area (Å²) in [4.78, 5) is 4.85. The monoisotopic (exact) mass is 255 g/mol. The maximum atomic E-state index is 6.07. The molecule has 19 heavy (non-hydrogen) atoms. The molecule has 3 rings (SSSR count). The Kier molecular flexibility index (Phi) is 2.94. The number of aryl methyl sites for hydroxylation is 3. The lowest BCUT2D eigenvalue weighted by Gasteiger charge is -2.21. The van der Waals surface area contributed by atoms with Crippen LogP contribution in [0.1, 0.15) is 29.1 Å². The summed E-state index contributed by atoms with van der Waals surface area (Å²) in [5, 5.41) is 0. The summed E-state index contributed by atoms with van der Waals surface area (Å²) in [7, 11) is 0. The van der Waals surface area contributed by atoms with Gasteiger partial charge in [0.05, 0.1) is 5.69 Å². The van der Waals surface area contributed by atoms with Crippen molar-refractivity contribution in [3.8, 4) is 11.3 Å². The first-order valence-electron chi connectivity index (χ1n) is 6.95. The molecular formula is C16H21N3. The number of imidazole rings is 1. The van der Waals surface area contributed by atoms with Crippen LogP contribution in [0.5, 0.6) is 0 Å². The summed E-state index contributed by atoms with van der Waals surface area (Å²) >= 11 is 0. The molecular weight excluding hydrogens is 234 g/mol. The van der Waals surface area contributed by atoms with E-state index in [0.29, 0.717) is 0 Å². The van der Waals surface area contributed by atoms with E-state index in [1.54, 1.807) is 0 Å². The number of nitrogens with zero attached hydrogens (tertiary/aromatic N) is 2. The SMILES string of the molecule is Cc1ccc(-c2nc3n(c2C)CC(N)CC3)c(C)c1. The highest BCUT2D eigenvalue weighted by Gasteiger charge is 2.22. The number of nitrogens with two attached hydrogens (primary N) is 1. The first kappa shape index (κ1) is 12.4. The average molecular weight is 255 g/mol. The van der Waals surface area contributed by atoms with Crippen LogP contribution in [0.2, 0.25) is 0 Å². The van der Waals surface area contributed by atoms with E-state index in [1.165, 1.54) is 28.2 Å². The van der Waals surface area contributed by atoms with Crippen LogP contribution in [0.25, 0.3) is 11.3 Å². The standard InChI is InChI=1S/C16H21N3/c1-10-4-6-14(11(2)8-10)16-12(3)19-9-13(17)5-7-15(19)18-16/h4,6,8,13H,5,7,9,17H2,1-3H3. The Labute approximate surface area is 114 Å². The van der Waals surface area contributed by atoms with Crippen LogP contribution in [-0.2, 0) is 13.0 Å². The first-order chi connectivity index (χ1) is 9.06. The van der Waals surface area contributed by atoms with Gasteiger partial charge in [0.25, 0.3) is 0 Å². The van der Waals surface area contributed by atoms with E-state index in [9.17, 15) is 0 Å². The smallest absolute Gasteiger partial charge is 0.109 e. The van der Waals surface area contributed by atoms with E-state index < -0.39 is 0 Å². The van der Waals surface area contributed by atoms with Crippen molar-refractivity contribution in [1.82, 2.24) is 9.55 Å². The van der Waals surface area contributed by atoms with Crippen LogP contribution < -0.4 is 5.73 Å². The zero-order valence-electron chi connectivity index (χ0n) is 11.9. The summed E-state index contributed by atoms with van der Waals surface area (Å²) in [5.74, 6) is 1.19. The van der Waals surface area contributed by atoms with Gasteiger partial charge in [-0.1, -0.05) is 23.8 Å². The Hall–Kier alpha value is -1.61. The molecule has 0 radical (unpaired) electrons. The number of fused-ring (bicyclic) bond motifs is 1. The highest BCUT2D eigenvalue weighted by atomic mass is 15.1. The molecule has 1 aliphatic heterocycles. The molecule has 2 heterocycles. The van der Waals surface area contributed by atoms with E-state index in [4.69, 9.17) is 10.7 Å². The number of hydrogen-bond donors (Lipinski definition) is 1. The lowest BCUT2D eigenvalue weighted by molar-refractivity contribution is 0.448. The molecule has 1 unspecified atom stereocenters. The molecule has 0 aliphatic carbocycles. The fourth-order valence-electron chi connectivity index (χ4n) is 3.00. The van der Waals surface area contributed by atoms with Gasteiger partial charge in [-0.05, 0) is 32.8 Å². The van der Waals surface area contributed by atoms with Crippen molar-refractivity contribution in [3.05, 3.63) is 40.8 Å². The van der Waals surface area contributed by atoms with E-state index in [1.807, 2.05) is 0 Å². The molecule has 0 saturated carbocycles. The van der Waals surface area contributed by atoms with Gasteiger partial charge in [0, 0.05) is 30.3 Å². The van der Waals surface area contributed by atoms with Gasteiger partial charge in [0.2, 0.25) is 0 Å². The summed E-state index contributed by atoms with van der Waals surface area (Å²) in [6.45, 7) is 7.34. The van der Waals surface area contributed by atoms with Crippen LogP contribution in [0.3, 0.4) is 0 Å². The van der Waals surface area contributed by atoms with Crippen LogP contribution >= 0.6 is 0 Å². The number of benzene rings is 1. The molecule has 2 N–H and O–H groups in total. The fraction of sp³-hybridized carbons (Fsp3) is 0.438. The van der Waals surface area contributed by atoms with E-state index in [-0.39, 0.29) is 6.04 Å². The van der Waals surface area contributed by atoms with Crippen molar-refractivity contribution in [3.63, 3.8) is 0 Å². The van der Waals surface area contributed by atoms with Gasteiger partial charge >= 0.3 is 0 Å². The van der Waals surface area contributed by atoms with Crippen LogP contribution in [0, 0.1) is 20.8 Å². The first-order valence-corrected chi connectivity index (χ1v) is 6.95. The van der Waals surface area contributed by atoms with E-state index in [2.05, 4.69) is 43.5 Å². The third-order valence-corrected chi connectivity index (χ3v) is 4.09. The molecule has 3 heteroatoms. The fourth-order valence-corrected chi connectivity index (χ4v) is 3.00.